The van der Waals surface area contributed by atoms with Gasteiger partial charge in [0, 0.05) is 10.9 Å². The molecule has 2 aliphatic rings. The van der Waals surface area contributed by atoms with Crippen LogP contribution in [0, 0.1) is 5.92 Å². The van der Waals surface area contributed by atoms with Gasteiger partial charge in [0.15, 0.2) is 5.13 Å². The van der Waals surface area contributed by atoms with Gasteiger partial charge in [0.25, 0.3) is 0 Å². The maximum Gasteiger partial charge on any atom is 0.232 e. The van der Waals surface area contributed by atoms with E-state index in [4.69, 9.17) is 23.2 Å². The van der Waals surface area contributed by atoms with Gasteiger partial charge in [0.05, 0.1) is 11.6 Å². The Morgan fingerprint density at radius 1 is 1.32 bits per heavy atom. The van der Waals surface area contributed by atoms with Gasteiger partial charge in [-0.05, 0) is 42.9 Å². The monoisotopic (exact) mass is 352 g/mol. The summed E-state index contributed by atoms with van der Waals surface area (Å²) >= 11 is 13.2. The molecule has 1 atom stereocenters. The third kappa shape index (κ3) is 2.64. The number of carbonyl (C=O) groups is 1. The smallest absolute Gasteiger partial charge is 0.232 e. The van der Waals surface area contributed by atoms with E-state index in [0.29, 0.717) is 11.6 Å². The highest BCUT2D eigenvalue weighted by atomic mass is 35.5. The van der Waals surface area contributed by atoms with Crippen LogP contribution >= 0.6 is 34.5 Å². The van der Waals surface area contributed by atoms with E-state index in [9.17, 15) is 4.79 Å². The van der Waals surface area contributed by atoms with Crippen molar-refractivity contribution in [3.63, 3.8) is 0 Å². The van der Waals surface area contributed by atoms with E-state index in [1.165, 1.54) is 35.3 Å². The van der Waals surface area contributed by atoms with Crippen LogP contribution in [0.4, 0.5) is 5.13 Å². The second-order valence-electron chi connectivity index (χ2n) is 5.88. The molecule has 114 valence electrons. The highest BCUT2D eigenvalue weighted by Gasteiger charge is 2.56. The van der Waals surface area contributed by atoms with Gasteiger partial charge in [-0.15, -0.1) is 34.5 Å². The van der Waals surface area contributed by atoms with Crippen LogP contribution in [0.3, 0.4) is 0 Å². The highest BCUT2D eigenvalue weighted by molar-refractivity contribution is 7.14. The SMILES string of the molecule is O=C(Nc1nc(-c2ccc3c(c2)CCC3)cs1)C1CC1(Cl)Cl. The minimum atomic E-state index is -0.899. The molecule has 22 heavy (non-hydrogen) atoms. The number of aryl methyl sites for hydroxylation is 2. The molecule has 2 aliphatic carbocycles. The molecule has 1 saturated carbocycles. The van der Waals surface area contributed by atoms with E-state index >= 15 is 0 Å². The van der Waals surface area contributed by atoms with Gasteiger partial charge in [0.1, 0.15) is 4.33 Å². The van der Waals surface area contributed by atoms with Crippen molar-refractivity contribution in [2.24, 2.45) is 5.92 Å². The quantitative estimate of drug-likeness (QED) is 0.830. The molecular formula is C16H14Cl2N2OS. The van der Waals surface area contributed by atoms with Crippen molar-refractivity contribution in [2.45, 2.75) is 30.0 Å². The molecule has 3 nitrogen and oxygen atoms in total. The summed E-state index contributed by atoms with van der Waals surface area (Å²) < 4.78 is -0.899. The Balaban J connectivity index is 1.51. The summed E-state index contributed by atoms with van der Waals surface area (Å²) in [5.41, 5.74) is 4.87. The second-order valence-corrected chi connectivity index (χ2v) is 8.28. The fourth-order valence-electron chi connectivity index (χ4n) is 2.89. The lowest BCUT2D eigenvalue weighted by Crippen LogP contribution is -2.16. The van der Waals surface area contributed by atoms with E-state index < -0.39 is 4.33 Å². The van der Waals surface area contributed by atoms with Gasteiger partial charge in [0.2, 0.25) is 5.91 Å². The van der Waals surface area contributed by atoms with Crippen molar-refractivity contribution >= 4 is 45.6 Å². The van der Waals surface area contributed by atoms with Crippen molar-refractivity contribution in [1.82, 2.24) is 4.98 Å². The first kappa shape index (κ1) is 14.5. The topological polar surface area (TPSA) is 42.0 Å². The molecule has 0 radical (unpaired) electrons. The average molecular weight is 353 g/mol. The van der Waals surface area contributed by atoms with Crippen molar-refractivity contribution in [1.29, 1.82) is 0 Å². The summed E-state index contributed by atoms with van der Waals surface area (Å²) in [6.07, 6.45) is 4.06. The molecule has 1 unspecified atom stereocenters. The Bertz CT molecular complexity index is 756. The Kier molecular flexibility index (Phi) is 3.44. The van der Waals surface area contributed by atoms with Crippen LogP contribution in [0.5, 0.6) is 0 Å². The second kappa shape index (κ2) is 5.22. The normalized spacial score (nSPS) is 21.5. The number of hydrogen-bond donors (Lipinski definition) is 1. The molecule has 0 saturated heterocycles. The summed E-state index contributed by atoms with van der Waals surface area (Å²) in [6.45, 7) is 0. The maximum absolute atomic E-state index is 12.0. The Hall–Kier alpha value is -1.10. The van der Waals surface area contributed by atoms with Crippen LogP contribution in [-0.4, -0.2) is 15.2 Å². The molecular weight excluding hydrogens is 339 g/mol. The zero-order valence-electron chi connectivity index (χ0n) is 11.7. The molecule has 2 aromatic rings. The van der Waals surface area contributed by atoms with Gasteiger partial charge in [-0.3, -0.25) is 4.79 Å². The minimum Gasteiger partial charge on any atom is -0.302 e. The zero-order valence-corrected chi connectivity index (χ0v) is 14.1. The Morgan fingerprint density at radius 2 is 2.09 bits per heavy atom. The van der Waals surface area contributed by atoms with E-state index in [1.54, 1.807) is 0 Å². The fraction of sp³-hybridized carbons (Fsp3) is 0.375. The Labute approximate surface area is 142 Å². The number of fused-ring (bicyclic) bond motifs is 1. The van der Waals surface area contributed by atoms with Gasteiger partial charge in [-0.1, -0.05) is 12.1 Å². The Morgan fingerprint density at radius 3 is 2.86 bits per heavy atom. The number of aromatic nitrogens is 1. The van der Waals surface area contributed by atoms with Crippen molar-refractivity contribution in [2.75, 3.05) is 5.32 Å². The van der Waals surface area contributed by atoms with Gasteiger partial charge in [-0.25, -0.2) is 4.98 Å². The van der Waals surface area contributed by atoms with Crippen LogP contribution < -0.4 is 5.32 Å². The molecule has 1 heterocycles. The van der Waals surface area contributed by atoms with Crippen molar-refractivity contribution in [3.8, 4) is 11.3 Å². The molecule has 1 N–H and O–H groups in total. The van der Waals surface area contributed by atoms with E-state index in [0.717, 1.165) is 17.7 Å². The molecule has 4 rings (SSSR count). The predicted molar refractivity (Wildman–Crippen MR) is 90.7 cm³/mol. The number of anilines is 1. The van der Waals surface area contributed by atoms with Gasteiger partial charge >= 0.3 is 0 Å². The number of benzene rings is 1. The molecule has 1 aromatic carbocycles. The summed E-state index contributed by atoms with van der Waals surface area (Å²) in [7, 11) is 0. The number of carbonyl (C=O) groups excluding carboxylic acids is 1. The highest BCUT2D eigenvalue weighted by Crippen LogP contribution is 2.53. The molecule has 0 spiro atoms. The van der Waals surface area contributed by atoms with E-state index in [1.807, 2.05) is 5.38 Å². The summed E-state index contributed by atoms with van der Waals surface area (Å²) in [5, 5.41) is 5.36. The van der Waals surface area contributed by atoms with Crippen LogP contribution in [0.1, 0.15) is 24.0 Å². The molecule has 0 aliphatic heterocycles. The number of amides is 1. The number of thiazole rings is 1. The third-order valence-corrected chi connectivity index (χ3v) is 5.86. The summed E-state index contributed by atoms with van der Waals surface area (Å²) in [4.78, 5) is 16.5. The molecule has 1 fully saturated rings. The fourth-order valence-corrected chi connectivity index (χ4v) is 4.11. The lowest BCUT2D eigenvalue weighted by atomic mass is 10.1. The van der Waals surface area contributed by atoms with Crippen LogP contribution in [0.2, 0.25) is 0 Å². The van der Waals surface area contributed by atoms with Crippen LogP contribution in [0.25, 0.3) is 11.3 Å². The molecule has 1 amide bonds. The maximum atomic E-state index is 12.0. The first-order valence-corrected chi connectivity index (χ1v) is 8.93. The van der Waals surface area contributed by atoms with Crippen LogP contribution in [0.15, 0.2) is 23.6 Å². The predicted octanol–water partition coefficient (Wildman–Crippen LogP) is 4.43. The van der Waals surface area contributed by atoms with E-state index in [2.05, 4.69) is 28.5 Å². The molecule has 0 bridgehead atoms. The largest absolute Gasteiger partial charge is 0.302 e. The number of rotatable bonds is 3. The number of halogens is 2. The average Bonchev–Trinajstić information content (AvgIpc) is 2.90. The lowest BCUT2D eigenvalue weighted by molar-refractivity contribution is -0.117. The standard InChI is InChI=1S/C16H14Cl2N2OS/c17-16(18)7-12(16)14(21)20-15-19-13(8-22-15)11-5-4-9-2-1-3-10(9)6-11/h4-6,8,12H,1-3,7H2,(H,19,20,21). The zero-order chi connectivity index (χ0) is 15.3. The summed E-state index contributed by atoms with van der Waals surface area (Å²) in [6, 6.07) is 6.51. The van der Waals surface area contributed by atoms with Gasteiger partial charge < -0.3 is 5.32 Å². The lowest BCUT2D eigenvalue weighted by Gasteiger charge is -2.03. The van der Waals surface area contributed by atoms with Crippen molar-refractivity contribution < 1.29 is 4.79 Å². The first-order valence-electron chi connectivity index (χ1n) is 7.29. The van der Waals surface area contributed by atoms with E-state index in [-0.39, 0.29) is 11.8 Å². The minimum absolute atomic E-state index is 0.153. The molecule has 6 heteroatoms. The number of nitrogens with one attached hydrogen (secondary N) is 1. The third-order valence-electron chi connectivity index (χ3n) is 4.27. The summed E-state index contributed by atoms with van der Waals surface area (Å²) in [5.74, 6) is -0.483. The van der Waals surface area contributed by atoms with Gasteiger partial charge in [-0.2, -0.15) is 0 Å². The first-order chi connectivity index (χ1) is 10.5. The molecule has 1 aromatic heterocycles. The number of alkyl halides is 2. The van der Waals surface area contributed by atoms with Crippen molar-refractivity contribution in [3.05, 3.63) is 34.7 Å². The van der Waals surface area contributed by atoms with Crippen LogP contribution in [-0.2, 0) is 17.6 Å². The number of hydrogen-bond acceptors (Lipinski definition) is 3. The number of nitrogens with zero attached hydrogens (tertiary/aromatic N) is 1.